The fraction of sp³-hybridized carbons (Fsp3) is 0.696. The molecule has 2 heterocycles. The van der Waals surface area contributed by atoms with Gasteiger partial charge in [-0.25, -0.2) is 0 Å². The highest BCUT2D eigenvalue weighted by Gasteiger charge is 2.44. The van der Waals surface area contributed by atoms with Gasteiger partial charge in [-0.15, -0.1) is 0 Å². The minimum absolute atomic E-state index is 0.315. The van der Waals surface area contributed by atoms with Crippen LogP contribution in [0.5, 0.6) is 0 Å². The third-order valence-corrected chi connectivity index (χ3v) is 7.58. The quantitative estimate of drug-likeness (QED) is 0.690. The molecule has 2 saturated heterocycles. The van der Waals surface area contributed by atoms with Gasteiger partial charge in [-0.05, 0) is 49.3 Å². The Kier molecular flexibility index (Phi) is 6.74. The molecule has 3 aliphatic rings. The molecule has 0 bridgehead atoms. The average Bonchev–Trinajstić information content (AvgIpc) is 2.75. The number of halogens is 1. The van der Waals surface area contributed by atoms with Crippen molar-refractivity contribution in [2.75, 3.05) is 45.9 Å². The summed E-state index contributed by atoms with van der Waals surface area (Å²) >= 11 is 3.52. The SMILES string of the molecule is O=C(N1CCN(CC2CCCCC2)CC1)C1(c2ccc(Br)cc2)CCOCC1. The predicted octanol–water partition coefficient (Wildman–Crippen LogP) is 4.22. The third-order valence-electron chi connectivity index (χ3n) is 7.05. The molecule has 0 N–H and O–H groups in total. The largest absolute Gasteiger partial charge is 0.381 e. The summed E-state index contributed by atoms with van der Waals surface area (Å²) in [7, 11) is 0. The zero-order chi connectivity index (χ0) is 19.4. The number of carbonyl (C=O) groups is 1. The van der Waals surface area contributed by atoms with Crippen LogP contribution in [-0.4, -0.2) is 61.6 Å². The van der Waals surface area contributed by atoms with Crippen molar-refractivity contribution in [3.05, 3.63) is 34.3 Å². The second kappa shape index (κ2) is 9.27. The van der Waals surface area contributed by atoms with Crippen molar-refractivity contribution in [2.24, 2.45) is 5.92 Å². The highest BCUT2D eigenvalue weighted by atomic mass is 79.9. The van der Waals surface area contributed by atoms with Crippen LogP contribution in [0.15, 0.2) is 28.7 Å². The minimum Gasteiger partial charge on any atom is -0.381 e. The van der Waals surface area contributed by atoms with Crippen molar-refractivity contribution in [2.45, 2.75) is 50.4 Å². The zero-order valence-corrected chi connectivity index (χ0v) is 18.5. The fourth-order valence-corrected chi connectivity index (χ4v) is 5.55. The van der Waals surface area contributed by atoms with Crippen LogP contribution >= 0.6 is 15.9 Å². The predicted molar refractivity (Wildman–Crippen MR) is 115 cm³/mol. The van der Waals surface area contributed by atoms with E-state index < -0.39 is 5.41 Å². The van der Waals surface area contributed by atoms with Crippen LogP contribution in [0.4, 0.5) is 0 Å². The van der Waals surface area contributed by atoms with Gasteiger partial charge in [0.05, 0.1) is 5.41 Å². The van der Waals surface area contributed by atoms with Crippen molar-refractivity contribution in [1.29, 1.82) is 0 Å². The maximum absolute atomic E-state index is 13.7. The Balaban J connectivity index is 1.41. The number of hydrogen-bond donors (Lipinski definition) is 0. The van der Waals surface area contributed by atoms with Gasteiger partial charge in [-0.1, -0.05) is 47.3 Å². The van der Waals surface area contributed by atoms with Crippen molar-refractivity contribution >= 4 is 21.8 Å². The Morgan fingerprint density at radius 2 is 1.64 bits per heavy atom. The lowest BCUT2D eigenvalue weighted by atomic mass is 9.73. The lowest BCUT2D eigenvalue weighted by molar-refractivity contribution is -0.143. The molecule has 0 radical (unpaired) electrons. The van der Waals surface area contributed by atoms with Gasteiger partial charge in [-0.2, -0.15) is 0 Å². The molecule has 0 unspecified atom stereocenters. The Morgan fingerprint density at radius 3 is 2.29 bits per heavy atom. The molecule has 1 saturated carbocycles. The van der Waals surface area contributed by atoms with Gasteiger partial charge in [0.1, 0.15) is 0 Å². The van der Waals surface area contributed by atoms with E-state index in [0.717, 1.165) is 55.0 Å². The first-order chi connectivity index (χ1) is 13.7. The van der Waals surface area contributed by atoms with Gasteiger partial charge in [-0.3, -0.25) is 9.69 Å². The Bertz CT molecular complexity index is 643. The molecule has 154 valence electrons. The number of piperazine rings is 1. The summed E-state index contributed by atoms with van der Waals surface area (Å²) in [5.41, 5.74) is 0.735. The van der Waals surface area contributed by atoms with E-state index in [9.17, 15) is 4.79 Å². The molecule has 0 atom stereocenters. The van der Waals surface area contributed by atoms with Crippen molar-refractivity contribution in [3.8, 4) is 0 Å². The van der Waals surface area contributed by atoms with E-state index >= 15 is 0 Å². The number of carbonyl (C=O) groups excluding carboxylic acids is 1. The molecule has 3 fully saturated rings. The minimum atomic E-state index is -0.412. The maximum Gasteiger partial charge on any atom is 0.233 e. The summed E-state index contributed by atoms with van der Waals surface area (Å²) in [6.07, 6.45) is 8.59. The first-order valence-electron chi connectivity index (χ1n) is 11.0. The monoisotopic (exact) mass is 448 g/mol. The molecule has 5 heteroatoms. The molecule has 28 heavy (non-hydrogen) atoms. The maximum atomic E-state index is 13.7. The molecule has 4 rings (SSSR count). The lowest BCUT2D eigenvalue weighted by Crippen LogP contribution is -2.56. The lowest BCUT2D eigenvalue weighted by Gasteiger charge is -2.43. The summed E-state index contributed by atoms with van der Waals surface area (Å²) < 4.78 is 6.68. The normalized spacial score (nSPS) is 24.2. The molecule has 1 amide bonds. The van der Waals surface area contributed by atoms with Crippen molar-refractivity contribution in [1.82, 2.24) is 9.80 Å². The summed E-state index contributed by atoms with van der Waals surface area (Å²) in [5.74, 6) is 1.19. The van der Waals surface area contributed by atoms with Gasteiger partial charge in [0.25, 0.3) is 0 Å². The van der Waals surface area contributed by atoms with E-state index in [2.05, 4.69) is 50.0 Å². The number of amides is 1. The van der Waals surface area contributed by atoms with E-state index in [1.54, 1.807) is 0 Å². The van der Waals surface area contributed by atoms with E-state index in [1.165, 1.54) is 38.6 Å². The van der Waals surface area contributed by atoms with Crippen LogP contribution in [0.25, 0.3) is 0 Å². The Labute approximate surface area is 177 Å². The number of benzene rings is 1. The average molecular weight is 449 g/mol. The second-order valence-electron chi connectivity index (χ2n) is 8.80. The fourth-order valence-electron chi connectivity index (χ4n) is 5.29. The number of hydrogen-bond acceptors (Lipinski definition) is 3. The highest BCUT2D eigenvalue weighted by molar-refractivity contribution is 9.10. The standard InChI is InChI=1S/C23H33BrN2O2/c24-21-8-6-20(7-9-21)23(10-16-28-17-11-23)22(27)26-14-12-25(13-15-26)18-19-4-2-1-3-5-19/h6-9,19H,1-5,10-18H2. The molecular formula is C23H33BrN2O2. The van der Waals surface area contributed by atoms with E-state index in [-0.39, 0.29) is 0 Å². The third kappa shape index (κ3) is 4.47. The molecular weight excluding hydrogens is 416 g/mol. The first-order valence-corrected chi connectivity index (χ1v) is 11.8. The molecule has 2 aliphatic heterocycles. The van der Waals surface area contributed by atoms with Crippen LogP contribution < -0.4 is 0 Å². The molecule has 0 aromatic heterocycles. The molecule has 1 aromatic rings. The van der Waals surface area contributed by atoms with E-state index in [4.69, 9.17) is 4.74 Å². The molecule has 1 aliphatic carbocycles. The van der Waals surface area contributed by atoms with Gasteiger partial charge in [0.15, 0.2) is 0 Å². The van der Waals surface area contributed by atoms with Crippen LogP contribution in [-0.2, 0) is 14.9 Å². The zero-order valence-electron chi connectivity index (χ0n) is 16.9. The number of rotatable bonds is 4. The van der Waals surface area contributed by atoms with Gasteiger partial charge >= 0.3 is 0 Å². The van der Waals surface area contributed by atoms with Gasteiger partial charge in [0.2, 0.25) is 5.91 Å². The van der Waals surface area contributed by atoms with E-state index in [0.29, 0.717) is 19.1 Å². The second-order valence-corrected chi connectivity index (χ2v) is 9.71. The summed E-state index contributed by atoms with van der Waals surface area (Å²) in [5, 5.41) is 0. The van der Waals surface area contributed by atoms with Gasteiger partial charge in [0, 0.05) is 50.4 Å². The molecule has 0 spiro atoms. The Hall–Kier alpha value is -0.910. The molecule has 1 aromatic carbocycles. The summed E-state index contributed by atoms with van der Waals surface area (Å²) in [4.78, 5) is 18.4. The van der Waals surface area contributed by atoms with Crippen molar-refractivity contribution in [3.63, 3.8) is 0 Å². The Morgan fingerprint density at radius 1 is 1.00 bits per heavy atom. The number of nitrogens with zero attached hydrogens (tertiary/aromatic N) is 2. The van der Waals surface area contributed by atoms with Crippen LogP contribution in [0.3, 0.4) is 0 Å². The van der Waals surface area contributed by atoms with Crippen molar-refractivity contribution < 1.29 is 9.53 Å². The smallest absolute Gasteiger partial charge is 0.233 e. The molecule has 4 nitrogen and oxygen atoms in total. The highest BCUT2D eigenvalue weighted by Crippen LogP contribution is 2.37. The summed E-state index contributed by atoms with van der Waals surface area (Å²) in [6.45, 7) is 6.35. The topological polar surface area (TPSA) is 32.8 Å². The number of ether oxygens (including phenoxy) is 1. The van der Waals surface area contributed by atoms with E-state index in [1.807, 2.05) is 0 Å². The van der Waals surface area contributed by atoms with Crippen LogP contribution in [0.2, 0.25) is 0 Å². The first kappa shape index (κ1) is 20.4. The van der Waals surface area contributed by atoms with Crippen LogP contribution in [0.1, 0.15) is 50.5 Å². The summed E-state index contributed by atoms with van der Waals surface area (Å²) in [6, 6.07) is 8.35. The van der Waals surface area contributed by atoms with Gasteiger partial charge < -0.3 is 9.64 Å². The van der Waals surface area contributed by atoms with Crippen LogP contribution in [0, 0.1) is 5.92 Å².